The highest BCUT2D eigenvalue weighted by molar-refractivity contribution is 7.99. The van der Waals surface area contributed by atoms with Gasteiger partial charge in [0.2, 0.25) is 5.76 Å². The molecule has 2 heterocycles. The van der Waals surface area contributed by atoms with Gasteiger partial charge in [0.1, 0.15) is 18.2 Å². The van der Waals surface area contributed by atoms with E-state index in [4.69, 9.17) is 9.15 Å². The number of nitrogens with zero attached hydrogens (tertiary/aromatic N) is 3. The molecular formula is C24H20FN3O5S. The Morgan fingerprint density at radius 3 is 2.53 bits per heavy atom. The lowest BCUT2D eigenvalue weighted by Crippen LogP contribution is -2.08. The highest BCUT2D eigenvalue weighted by atomic mass is 32.2. The number of benzene rings is 2. The second-order valence-corrected chi connectivity index (χ2v) is 8.09. The molecule has 2 aromatic carbocycles. The van der Waals surface area contributed by atoms with E-state index in [0.29, 0.717) is 27.9 Å². The van der Waals surface area contributed by atoms with Crippen LogP contribution >= 0.6 is 11.8 Å². The highest BCUT2D eigenvalue weighted by Gasteiger charge is 2.19. The van der Waals surface area contributed by atoms with Gasteiger partial charge >= 0.3 is 11.9 Å². The summed E-state index contributed by atoms with van der Waals surface area (Å²) in [6.45, 7) is 1.58. The smallest absolute Gasteiger partial charge is 0.374 e. The quantitative estimate of drug-likeness (QED) is 0.266. The van der Waals surface area contributed by atoms with Crippen LogP contribution < -0.4 is 0 Å². The van der Waals surface area contributed by atoms with Crippen molar-refractivity contribution in [3.05, 3.63) is 83.6 Å². The molecule has 0 saturated heterocycles. The molecule has 0 fully saturated rings. The van der Waals surface area contributed by atoms with Crippen LogP contribution in [0.3, 0.4) is 0 Å². The van der Waals surface area contributed by atoms with E-state index in [0.717, 1.165) is 17.4 Å². The third-order valence-corrected chi connectivity index (χ3v) is 5.69. The number of carbonyl (C=O) groups excluding carboxylic acids is 2. The maximum Gasteiger partial charge on any atom is 0.374 e. The first-order valence-electron chi connectivity index (χ1n) is 10.2. The van der Waals surface area contributed by atoms with Gasteiger partial charge in [0.25, 0.3) is 0 Å². The van der Waals surface area contributed by atoms with E-state index in [2.05, 4.69) is 14.9 Å². The summed E-state index contributed by atoms with van der Waals surface area (Å²) in [7, 11) is 1.26. The number of hydrogen-bond donors (Lipinski definition) is 0. The third-order valence-electron chi connectivity index (χ3n) is 4.78. The molecule has 34 heavy (non-hydrogen) atoms. The van der Waals surface area contributed by atoms with Crippen molar-refractivity contribution < 1.29 is 27.9 Å². The van der Waals surface area contributed by atoms with E-state index in [1.54, 1.807) is 29.7 Å². The lowest BCUT2D eigenvalue weighted by Gasteiger charge is -2.10. The minimum absolute atomic E-state index is 0.0298. The van der Waals surface area contributed by atoms with Gasteiger partial charge in [0, 0.05) is 16.8 Å². The van der Waals surface area contributed by atoms with Gasteiger partial charge in [0.15, 0.2) is 11.0 Å². The Morgan fingerprint density at radius 2 is 1.82 bits per heavy atom. The minimum Gasteiger partial charge on any atom is -0.463 e. The summed E-state index contributed by atoms with van der Waals surface area (Å²) >= 11 is 1.16. The monoisotopic (exact) mass is 481 g/mol. The fraction of sp³-hybridized carbons (Fsp3) is 0.167. The molecule has 0 bridgehead atoms. The number of methoxy groups -OCH3 is 1. The maximum absolute atomic E-state index is 13.4. The van der Waals surface area contributed by atoms with Crippen LogP contribution in [0.2, 0.25) is 0 Å². The van der Waals surface area contributed by atoms with Gasteiger partial charge < -0.3 is 13.9 Å². The molecule has 0 aliphatic heterocycles. The lowest BCUT2D eigenvalue weighted by molar-refractivity contribution is -0.142. The second kappa shape index (κ2) is 10.3. The van der Waals surface area contributed by atoms with Crippen LogP contribution in [0.1, 0.15) is 21.9 Å². The molecule has 10 heteroatoms. The molecule has 174 valence electrons. The minimum atomic E-state index is -0.595. The number of ether oxygens (including phenoxy) is 2. The van der Waals surface area contributed by atoms with Gasteiger partial charge in [-0.1, -0.05) is 30.0 Å². The Morgan fingerprint density at radius 1 is 1.09 bits per heavy atom. The van der Waals surface area contributed by atoms with E-state index < -0.39 is 11.9 Å². The van der Waals surface area contributed by atoms with Crippen molar-refractivity contribution in [3.63, 3.8) is 0 Å². The molecule has 0 aliphatic carbocycles. The molecule has 0 saturated carbocycles. The van der Waals surface area contributed by atoms with E-state index in [-0.39, 0.29) is 23.9 Å². The molecule has 2 aromatic heterocycles. The van der Waals surface area contributed by atoms with Crippen molar-refractivity contribution in [2.45, 2.75) is 18.7 Å². The van der Waals surface area contributed by atoms with Crippen LogP contribution in [0, 0.1) is 12.7 Å². The van der Waals surface area contributed by atoms with Crippen molar-refractivity contribution in [3.8, 4) is 17.1 Å². The first-order valence-corrected chi connectivity index (χ1v) is 11.2. The summed E-state index contributed by atoms with van der Waals surface area (Å²) in [6, 6.07) is 17.0. The zero-order valence-electron chi connectivity index (χ0n) is 18.4. The Hall–Kier alpha value is -3.92. The molecule has 4 aromatic rings. The summed E-state index contributed by atoms with van der Waals surface area (Å²) in [6.07, 6.45) is 0. The van der Waals surface area contributed by atoms with Crippen LogP contribution in [0.25, 0.3) is 17.1 Å². The molecule has 0 atom stereocenters. The average Bonchev–Trinajstić information content (AvgIpc) is 3.45. The molecular weight excluding hydrogens is 461 g/mol. The van der Waals surface area contributed by atoms with Crippen molar-refractivity contribution in [2.24, 2.45) is 0 Å². The topological polar surface area (TPSA) is 96.5 Å². The number of rotatable bonds is 8. The fourth-order valence-corrected chi connectivity index (χ4v) is 3.94. The first-order chi connectivity index (χ1) is 16.5. The summed E-state index contributed by atoms with van der Waals surface area (Å²) in [5, 5.41) is 8.97. The van der Waals surface area contributed by atoms with Crippen molar-refractivity contribution in [2.75, 3.05) is 12.9 Å². The van der Waals surface area contributed by atoms with E-state index in [1.165, 1.54) is 19.2 Å². The van der Waals surface area contributed by atoms with Crippen molar-refractivity contribution >= 4 is 23.7 Å². The highest BCUT2D eigenvalue weighted by Crippen LogP contribution is 2.28. The van der Waals surface area contributed by atoms with E-state index >= 15 is 0 Å². The molecule has 0 N–H and O–H groups in total. The third kappa shape index (κ3) is 5.18. The number of thioether (sulfide) groups is 1. The average molecular weight is 482 g/mol. The predicted octanol–water partition coefficient (Wildman–Crippen LogP) is 4.60. The van der Waals surface area contributed by atoms with E-state index in [1.807, 2.05) is 30.3 Å². The van der Waals surface area contributed by atoms with E-state index in [9.17, 15) is 14.0 Å². The standard InChI is InChI=1S/C24H20FN3O5S/c1-15-12-19(33-21(15)23(30)31-2)13-32-20(29)14-34-24-27-26-22(16-8-10-17(25)11-9-16)28(24)18-6-4-3-5-7-18/h3-12H,13-14H2,1-2H3. The largest absolute Gasteiger partial charge is 0.463 e. The maximum atomic E-state index is 13.4. The van der Waals surface area contributed by atoms with Crippen LogP contribution in [0.15, 0.2) is 70.2 Å². The lowest BCUT2D eigenvalue weighted by atomic mass is 10.2. The summed E-state index contributed by atoms with van der Waals surface area (Å²) in [4.78, 5) is 24.0. The molecule has 0 amide bonds. The van der Waals surface area contributed by atoms with Crippen LogP contribution in [0.5, 0.6) is 0 Å². The summed E-state index contributed by atoms with van der Waals surface area (Å²) < 4.78 is 30.5. The summed E-state index contributed by atoms with van der Waals surface area (Å²) in [5.41, 5.74) is 2.07. The number of esters is 2. The Bertz CT molecular complexity index is 1300. The predicted molar refractivity (Wildman–Crippen MR) is 122 cm³/mol. The van der Waals surface area contributed by atoms with Crippen LogP contribution in [0.4, 0.5) is 4.39 Å². The molecule has 0 radical (unpaired) electrons. The molecule has 0 aliphatic rings. The van der Waals surface area contributed by atoms with Gasteiger partial charge in [-0.25, -0.2) is 9.18 Å². The van der Waals surface area contributed by atoms with Crippen LogP contribution in [-0.4, -0.2) is 39.6 Å². The number of aromatic nitrogens is 3. The van der Waals surface area contributed by atoms with Crippen LogP contribution in [-0.2, 0) is 20.9 Å². The van der Waals surface area contributed by atoms with Gasteiger partial charge in [-0.2, -0.15) is 0 Å². The number of furan rings is 1. The zero-order valence-corrected chi connectivity index (χ0v) is 19.2. The SMILES string of the molecule is COC(=O)c1oc(COC(=O)CSc2nnc(-c3ccc(F)cc3)n2-c2ccccc2)cc1C. The van der Waals surface area contributed by atoms with Crippen molar-refractivity contribution in [1.82, 2.24) is 14.8 Å². The Kier molecular flexibility index (Phi) is 7.07. The number of para-hydroxylation sites is 1. The summed E-state index contributed by atoms with van der Waals surface area (Å²) in [5.74, 6) is -0.541. The fourth-order valence-electron chi connectivity index (χ4n) is 3.19. The Labute approximate surface area is 198 Å². The molecule has 0 spiro atoms. The molecule has 0 unspecified atom stereocenters. The molecule has 4 rings (SSSR count). The zero-order chi connectivity index (χ0) is 24.1. The number of carbonyl (C=O) groups is 2. The number of aryl methyl sites for hydroxylation is 1. The number of hydrogen-bond acceptors (Lipinski definition) is 8. The first kappa shape index (κ1) is 23.2. The van der Waals surface area contributed by atoms with Gasteiger partial charge in [0.05, 0.1) is 12.9 Å². The van der Waals surface area contributed by atoms with Gasteiger partial charge in [-0.15, -0.1) is 10.2 Å². The molecule has 8 nitrogen and oxygen atoms in total. The second-order valence-electron chi connectivity index (χ2n) is 7.15. The van der Waals surface area contributed by atoms with Gasteiger partial charge in [-0.3, -0.25) is 9.36 Å². The van der Waals surface area contributed by atoms with Crippen molar-refractivity contribution in [1.29, 1.82) is 0 Å². The van der Waals surface area contributed by atoms with Gasteiger partial charge in [-0.05, 0) is 49.4 Å². The Balaban J connectivity index is 1.47. The normalized spacial score (nSPS) is 10.8. The number of halogens is 1.